The predicted octanol–water partition coefficient (Wildman–Crippen LogP) is -1.11. The van der Waals surface area contributed by atoms with Crippen LogP contribution in [0, 0.1) is 10.2 Å². The van der Waals surface area contributed by atoms with E-state index in [2.05, 4.69) is 8.73 Å². The number of halogens is 1. The maximum absolute atomic E-state index is 10.8. The molecule has 1 aromatic rings. The molecule has 0 aliphatic carbocycles. The molecule has 10 heteroatoms. The van der Waals surface area contributed by atoms with Crippen LogP contribution in [0.15, 0.2) is 35.3 Å². The largest absolute Gasteiger partial charge is 0.323 e. The molecule has 1 atom stereocenters. The Kier molecular flexibility index (Phi) is 5.28. The predicted molar refractivity (Wildman–Crippen MR) is 77.2 cm³/mol. The minimum absolute atomic E-state index is 0.393. The molecule has 0 amide bonds. The van der Waals surface area contributed by atoms with Gasteiger partial charge >= 0.3 is 0 Å². The van der Waals surface area contributed by atoms with Gasteiger partial charge in [-0.05, 0) is 26.2 Å². The highest BCUT2D eigenvalue weighted by Crippen LogP contribution is 2.43. The normalized spacial score (nSPS) is 19.1. The van der Waals surface area contributed by atoms with Crippen molar-refractivity contribution in [1.82, 2.24) is 4.90 Å². The van der Waals surface area contributed by atoms with Gasteiger partial charge in [0.05, 0.1) is 10.2 Å². The van der Waals surface area contributed by atoms with Crippen molar-refractivity contribution in [3.63, 3.8) is 0 Å². The van der Waals surface area contributed by atoms with Crippen molar-refractivity contribution in [3.8, 4) is 0 Å². The Hall–Kier alpha value is -0.650. The fourth-order valence-corrected chi connectivity index (χ4v) is 5.89. The second-order valence-corrected chi connectivity index (χ2v) is 8.26. The molecule has 0 spiro atoms. The van der Waals surface area contributed by atoms with E-state index in [1.54, 1.807) is 23.9 Å². The van der Waals surface area contributed by atoms with Gasteiger partial charge in [0.1, 0.15) is 0 Å². The molecule has 1 heterocycles. The molecule has 0 bridgehead atoms. The summed E-state index contributed by atoms with van der Waals surface area (Å²) in [4.78, 5) is 7.79. The third kappa shape index (κ3) is 4.41. The third-order valence-corrected chi connectivity index (χ3v) is 6.74. The lowest BCUT2D eigenvalue weighted by Gasteiger charge is -2.18. The van der Waals surface area contributed by atoms with Crippen molar-refractivity contribution < 1.29 is 28.0 Å². The maximum Gasteiger partial charge on any atom is 0.213 e. The van der Waals surface area contributed by atoms with Gasteiger partial charge in [0.2, 0.25) is 9.80 Å². The molecular formula is C11H14ClN3O4S2. The summed E-state index contributed by atoms with van der Waals surface area (Å²) in [6.45, 7) is 0. The lowest BCUT2D eigenvalue weighted by molar-refractivity contribution is -1.91. The first-order chi connectivity index (χ1) is 9.78. The Morgan fingerprint density at radius 3 is 2.29 bits per heavy atom. The van der Waals surface area contributed by atoms with Crippen LogP contribution in [0.1, 0.15) is 0 Å². The van der Waals surface area contributed by atoms with Gasteiger partial charge in [-0.2, -0.15) is 14.0 Å². The van der Waals surface area contributed by atoms with E-state index < -0.39 is 20.0 Å². The number of anilines is 1. The van der Waals surface area contributed by atoms with Gasteiger partial charge in [0.15, 0.2) is 14.0 Å². The second-order valence-electron chi connectivity index (χ2n) is 4.22. The fourth-order valence-electron chi connectivity index (χ4n) is 1.50. The molecule has 0 N–H and O–H groups in total. The van der Waals surface area contributed by atoms with E-state index in [9.17, 15) is 14.0 Å². The summed E-state index contributed by atoms with van der Waals surface area (Å²) in [6, 6.07) is 9.48. The van der Waals surface area contributed by atoms with Crippen LogP contribution in [0.4, 0.5) is 5.69 Å². The van der Waals surface area contributed by atoms with Gasteiger partial charge in [-0.15, -0.1) is 0 Å². The molecule has 1 aliphatic rings. The van der Waals surface area contributed by atoms with E-state index >= 15 is 0 Å². The number of para-hydroxylation sites is 1. The molecule has 0 saturated carbocycles. The first-order valence-electron chi connectivity index (χ1n) is 5.73. The van der Waals surface area contributed by atoms with Crippen LogP contribution in [-0.4, -0.2) is 36.3 Å². The number of nitrogens with zero attached hydrogens (tertiary/aromatic N) is 3. The van der Waals surface area contributed by atoms with Gasteiger partial charge in [-0.1, -0.05) is 18.2 Å². The molecule has 0 saturated heterocycles. The first-order valence-corrected chi connectivity index (χ1v) is 9.45. The Morgan fingerprint density at radius 2 is 1.76 bits per heavy atom. The molecule has 21 heavy (non-hydrogen) atoms. The monoisotopic (exact) mass is 351 g/mol. The van der Waals surface area contributed by atoms with E-state index in [1.807, 2.05) is 37.4 Å². The molecule has 2 rings (SSSR count). The lowest BCUT2D eigenvalue weighted by Crippen LogP contribution is -2.60. The Balaban J connectivity index is 2.21. The van der Waals surface area contributed by atoms with E-state index in [-0.39, 0.29) is 0 Å². The van der Waals surface area contributed by atoms with E-state index in [0.717, 1.165) is 16.5 Å². The number of benzene rings is 1. The van der Waals surface area contributed by atoms with Crippen LogP contribution < -0.4 is 18.9 Å². The Labute approximate surface area is 131 Å². The molecule has 1 aliphatic heterocycles. The second kappa shape index (κ2) is 6.63. The Bertz CT molecular complexity index is 575. The average molecular weight is 352 g/mol. The molecular weight excluding hydrogens is 338 g/mol. The minimum atomic E-state index is -4.50. The maximum atomic E-state index is 10.8. The summed E-state index contributed by atoms with van der Waals surface area (Å²) in [5, 5.41) is 0.955. The third-order valence-electron chi connectivity index (χ3n) is 2.44. The highest BCUT2D eigenvalue weighted by Gasteiger charge is 2.34. The number of aliphatic imine (C=N–C) groups is 1. The Morgan fingerprint density at radius 1 is 1.14 bits per heavy atom. The molecule has 1 unspecified atom stereocenters. The van der Waals surface area contributed by atoms with Crippen LogP contribution in [0.3, 0.4) is 0 Å². The van der Waals surface area contributed by atoms with Crippen molar-refractivity contribution in [2.45, 2.75) is 0 Å². The average Bonchev–Trinajstić information content (AvgIpc) is 2.80. The van der Waals surface area contributed by atoms with Crippen LogP contribution in [0.2, 0.25) is 0 Å². The molecule has 0 aromatic heterocycles. The summed E-state index contributed by atoms with van der Waals surface area (Å²) in [5.41, 5.74) is 0.898. The van der Waals surface area contributed by atoms with Crippen LogP contribution in [0.5, 0.6) is 0 Å². The lowest BCUT2D eigenvalue weighted by atomic mass is 10.3. The standard InChI is InChI=1S/C11H14ClN3O4S2/c1-14(2)11-13-10(20-21(11)19-12(16,17)18)15(3)9-7-5-4-6-8-9/h4-8H,1-3H3. The molecule has 1 aromatic carbocycles. The van der Waals surface area contributed by atoms with Crippen LogP contribution in [0.25, 0.3) is 0 Å². The number of amidine groups is 1. The van der Waals surface area contributed by atoms with E-state index in [0.29, 0.717) is 10.3 Å². The topological polar surface area (TPSA) is 97.2 Å². The zero-order valence-corrected chi connectivity index (χ0v) is 13.9. The molecule has 0 fully saturated rings. The number of rotatable bonds is 3. The summed E-state index contributed by atoms with van der Waals surface area (Å²) in [5.74, 6) is 0. The quantitative estimate of drug-likeness (QED) is 0.503. The minimum Gasteiger partial charge on any atom is -0.323 e. The highest BCUT2D eigenvalue weighted by molar-refractivity contribution is 8.87. The highest BCUT2D eigenvalue weighted by atomic mass is 35.7. The van der Waals surface area contributed by atoms with Crippen molar-refractivity contribution in [3.05, 3.63) is 30.3 Å². The van der Waals surface area contributed by atoms with Gasteiger partial charge < -0.3 is 4.90 Å². The summed E-state index contributed by atoms with van der Waals surface area (Å²) in [7, 11) is 0.535. The summed E-state index contributed by atoms with van der Waals surface area (Å²) < 4.78 is 36.9. The van der Waals surface area contributed by atoms with Crippen LogP contribution >= 0.6 is 20.6 Å². The van der Waals surface area contributed by atoms with Crippen LogP contribution in [-0.2, 0) is 3.74 Å². The fraction of sp³-hybridized carbons (Fsp3) is 0.273. The smallest absolute Gasteiger partial charge is 0.213 e. The number of hydrogen-bond acceptors (Lipinski definition) is 8. The van der Waals surface area contributed by atoms with Crippen molar-refractivity contribution in [1.29, 1.82) is 0 Å². The van der Waals surface area contributed by atoms with Gasteiger partial charge in [0, 0.05) is 23.5 Å². The zero-order chi connectivity index (χ0) is 15.6. The van der Waals surface area contributed by atoms with Crippen molar-refractivity contribution in [2.24, 2.45) is 4.99 Å². The van der Waals surface area contributed by atoms with Gasteiger partial charge in [-0.25, -0.2) is 4.99 Å². The summed E-state index contributed by atoms with van der Waals surface area (Å²) >= 11 is 0. The van der Waals surface area contributed by atoms with Gasteiger partial charge in [-0.3, -0.25) is 4.90 Å². The molecule has 7 nitrogen and oxygen atoms in total. The van der Waals surface area contributed by atoms with Crippen molar-refractivity contribution in [2.75, 3.05) is 26.0 Å². The SMILES string of the molecule is CN(C)C1=S(O[Cl+3]([O-])([O-])[O-])SC(N(C)c2ccccc2)=N1. The molecule has 0 radical (unpaired) electrons. The van der Waals surface area contributed by atoms with E-state index in [4.69, 9.17) is 0 Å². The first kappa shape index (κ1) is 16.7. The van der Waals surface area contributed by atoms with Gasteiger partial charge in [0.25, 0.3) is 0 Å². The van der Waals surface area contributed by atoms with Crippen molar-refractivity contribution >= 4 is 36.6 Å². The summed E-state index contributed by atoms with van der Waals surface area (Å²) in [6.07, 6.45) is 0. The molecule has 116 valence electrons. The van der Waals surface area contributed by atoms with E-state index in [1.165, 1.54) is 0 Å². The number of hydrogen-bond donors (Lipinski definition) is 0. The zero-order valence-electron chi connectivity index (χ0n) is 11.6.